The number of nitrogens with one attached hydrogen (secondary N) is 3. The highest BCUT2D eigenvalue weighted by molar-refractivity contribution is 6.10. The van der Waals surface area contributed by atoms with Crippen molar-refractivity contribution in [1.82, 2.24) is 15.3 Å². The second-order valence-corrected chi connectivity index (χ2v) is 13.2. The van der Waals surface area contributed by atoms with Gasteiger partial charge in [0.25, 0.3) is 5.91 Å². The highest BCUT2D eigenvalue weighted by Crippen LogP contribution is 2.40. The van der Waals surface area contributed by atoms with Gasteiger partial charge in [-0.25, -0.2) is 0 Å². The van der Waals surface area contributed by atoms with Crippen LogP contribution in [0.5, 0.6) is 0 Å². The van der Waals surface area contributed by atoms with Gasteiger partial charge in [0.15, 0.2) is 0 Å². The van der Waals surface area contributed by atoms with Crippen molar-refractivity contribution in [1.29, 1.82) is 0 Å². The minimum absolute atomic E-state index is 0.0960. The number of aromatic nitrogens is 2. The largest absolute Gasteiger partial charge is 0.361 e. The van der Waals surface area contributed by atoms with Gasteiger partial charge in [-0.15, -0.1) is 0 Å². The molecule has 0 radical (unpaired) electrons. The first kappa shape index (κ1) is 30.8. The number of para-hydroxylation sites is 3. The van der Waals surface area contributed by atoms with E-state index in [2.05, 4.69) is 64.1 Å². The average Bonchev–Trinajstić information content (AvgIpc) is 3.72. The van der Waals surface area contributed by atoms with Crippen LogP contribution in [0.15, 0.2) is 146 Å². The van der Waals surface area contributed by atoms with E-state index >= 15 is 0 Å². The smallest absolute Gasteiger partial charge is 0.259 e. The molecule has 7 aromatic rings. The number of fused-ring (bicyclic) bond motifs is 2. The predicted molar refractivity (Wildman–Crippen MR) is 194 cm³/mol. The summed E-state index contributed by atoms with van der Waals surface area (Å²) in [5.41, 5.74) is 6.88. The molecule has 7 rings (SSSR count). The molecule has 2 aromatic heterocycles. The van der Waals surface area contributed by atoms with Crippen molar-refractivity contribution >= 4 is 39.3 Å². The van der Waals surface area contributed by atoms with E-state index in [0.717, 1.165) is 44.1 Å². The molecule has 5 aromatic carbocycles. The van der Waals surface area contributed by atoms with E-state index in [1.54, 1.807) is 4.90 Å². The van der Waals surface area contributed by atoms with Crippen LogP contribution in [-0.2, 0) is 4.79 Å². The van der Waals surface area contributed by atoms with Gasteiger partial charge in [-0.3, -0.25) is 14.5 Å². The first-order valence-electron chi connectivity index (χ1n) is 16.3. The van der Waals surface area contributed by atoms with Crippen LogP contribution in [0, 0.1) is 0 Å². The van der Waals surface area contributed by atoms with Crippen LogP contribution in [0.4, 0.5) is 5.69 Å². The van der Waals surface area contributed by atoms with Gasteiger partial charge in [-0.1, -0.05) is 97.1 Å². The highest BCUT2D eigenvalue weighted by Gasteiger charge is 2.35. The molecule has 1 unspecified atom stereocenters. The van der Waals surface area contributed by atoms with Crippen LogP contribution in [0.2, 0.25) is 0 Å². The van der Waals surface area contributed by atoms with Gasteiger partial charge in [0.05, 0.1) is 0 Å². The number of anilines is 1. The number of rotatable bonds is 8. The van der Waals surface area contributed by atoms with Crippen molar-refractivity contribution in [3.8, 4) is 0 Å². The minimum atomic E-state index is -0.884. The van der Waals surface area contributed by atoms with E-state index < -0.39 is 11.6 Å². The molecule has 48 heavy (non-hydrogen) atoms. The monoisotopic (exact) mass is 630 g/mol. The Balaban J connectivity index is 1.33. The molecule has 0 aliphatic rings. The molecule has 0 saturated heterocycles. The van der Waals surface area contributed by atoms with E-state index in [0.29, 0.717) is 11.3 Å². The summed E-state index contributed by atoms with van der Waals surface area (Å²) < 4.78 is 0. The first-order valence-corrected chi connectivity index (χ1v) is 16.3. The third kappa shape index (κ3) is 6.00. The number of aromatic amines is 2. The number of hydrogen-bond acceptors (Lipinski definition) is 2. The number of benzene rings is 5. The summed E-state index contributed by atoms with van der Waals surface area (Å²) in [7, 11) is 0. The molecule has 3 N–H and O–H groups in total. The predicted octanol–water partition coefficient (Wildman–Crippen LogP) is 9.13. The standard InChI is InChI=1S/C42H38N4O2/c1-42(2,3)45-40(47)39(29-14-6-4-7-15-29)46(31-16-8-5-9-17-31)41(48)30-24-22-28(23-25-30)38(34-26-43-36-20-12-10-18-32(34)36)35-27-44-37-21-13-11-19-33(35)37/h4-27,38-39,43-44H,1-3H3,(H,45,47). The molecule has 0 fully saturated rings. The number of H-pyrrole nitrogens is 2. The third-order valence-electron chi connectivity index (χ3n) is 8.73. The Morgan fingerprint density at radius 3 is 1.65 bits per heavy atom. The molecule has 238 valence electrons. The Kier molecular flexibility index (Phi) is 8.15. The van der Waals surface area contributed by atoms with Gasteiger partial charge in [0, 0.05) is 56.9 Å². The molecule has 6 heteroatoms. The number of carbonyl (C=O) groups excluding carboxylic acids is 2. The Hall–Kier alpha value is -5.88. The van der Waals surface area contributed by atoms with Crippen molar-refractivity contribution in [2.45, 2.75) is 38.3 Å². The minimum Gasteiger partial charge on any atom is -0.361 e. The lowest BCUT2D eigenvalue weighted by atomic mass is 9.84. The Bertz CT molecular complexity index is 2120. The SMILES string of the molecule is CC(C)(C)NC(=O)C(c1ccccc1)N(C(=O)c1ccc(C(c2c[nH]c3ccccc23)c2c[nH]c3ccccc23)cc1)c1ccccc1. The summed E-state index contributed by atoms with van der Waals surface area (Å²) in [5, 5.41) is 5.42. The van der Waals surface area contributed by atoms with Crippen LogP contribution < -0.4 is 10.2 Å². The van der Waals surface area contributed by atoms with Crippen molar-refractivity contribution in [2.75, 3.05) is 4.90 Å². The summed E-state index contributed by atoms with van der Waals surface area (Å²) in [4.78, 5) is 37.2. The first-order chi connectivity index (χ1) is 23.3. The van der Waals surface area contributed by atoms with E-state index in [9.17, 15) is 9.59 Å². The zero-order valence-electron chi connectivity index (χ0n) is 27.3. The number of nitrogens with zero attached hydrogens (tertiary/aromatic N) is 1. The number of hydrogen-bond donors (Lipinski definition) is 3. The topological polar surface area (TPSA) is 81.0 Å². The summed E-state index contributed by atoms with van der Waals surface area (Å²) in [6, 6.07) is 42.5. The molecule has 2 amide bonds. The van der Waals surface area contributed by atoms with Crippen LogP contribution in [0.3, 0.4) is 0 Å². The fraction of sp³-hybridized carbons (Fsp3) is 0.143. The van der Waals surface area contributed by atoms with Gasteiger partial charge in [0.1, 0.15) is 6.04 Å². The van der Waals surface area contributed by atoms with Crippen LogP contribution in [0.1, 0.15) is 65.3 Å². The summed E-state index contributed by atoms with van der Waals surface area (Å²) in [5.74, 6) is -0.607. The van der Waals surface area contributed by atoms with E-state index in [-0.39, 0.29) is 17.7 Å². The summed E-state index contributed by atoms with van der Waals surface area (Å²) in [6.07, 6.45) is 4.18. The van der Waals surface area contributed by atoms with E-state index in [1.807, 2.05) is 118 Å². The second-order valence-electron chi connectivity index (χ2n) is 13.2. The molecular formula is C42H38N4O2. The summed E-state index contributed by atoms with van der Waals surface area (Å²) in [6.45, 7) is 5.83. The van der Waals surface area contributed by atoms with Gasteiger partial charge in [-0.05, 0) is 79.4 Å². The fourth-order valence-electron chi connectivity index (χ4n) is 6.61. The molecule has 1 atom stereocenters. The van der Waals surface area contributed by atoms with E-state index in [4.69, 9.17) is 0 Å². The fourth-order valence-corrected chi connectivity index (χ4v) is 6.61. The van der Waals surface area contributed by atoms with Gasteiger partial charge >= 0.3 is 0 Å². The third-order valence-corrected chi connectivity index (χ3v) is 8.73. The maximum atomic E-state index is 14.7. The Labute approximate surface area is 280 Å². The average molecular weight is 631 g/mol. The van der Waals surface area contributed by atoms with Crippen LogP contribution >= 0.6 is 0 Å². The molecule has 2 heterocycles. The zero-order chi connectivity index (χ0) is 33.3. The number of amides is 2. The molecule has 0 aliphatic heterocycles. The van der Waals surface area contributed by atoms with Gasteiger partial charge in [-0.2, -0.15) is 0 Å². The quantitative estimate of drug-likeness (QED) is 0.157. The van der Waals surface area contributed by atoms with Crippen molar-refractivity contribution in [3.63, 3.8) is 0 Å². The summed E-state index contributed by atoms with van der Waals surface area (Å²) >= 11 is 0. The zero-order valence-corrected chi connectivity index (χ0v) is 27.3. The second kappa shape index (κ2) is 12.7. The molecule has 6 nitrogen and oxygen atoms in total. The molecule has 0 bridgehead atoms. The lowest BCUT2D eigenvalue weighted by Gasteiger charge is -2.34. The molecule has 0 saturated carbocycles. The van der Waals surface area contributed by atoms with E-state index in [1.165, 1.54) is 0 Å². The van der Waals surface area contributed by atoms with Crippen molar-refractivity contribution in [3.05, 3.63) is 174 Å². The Morgan fingerprint density at radius 2 is 1.10 bits per heavy atom. The van der Waals surface area contributed by atoms with Crippen LogP contribution in [0.25, 0.3) is 21.8 Å². The van der Waals surface area contributed by atoms with Gasteiger partial charge in [0.2, 0.25) is 5.91 Å². The Morgan fingerprint density at radius 1 is 0.604 bits per heavy atom. The maximum absolute atomic E-state index is 14.7. The molecule has 0 spiro atoms. The molecule has 0 aliphatic carbocycles. The lowest BCUT2D eigenvalue weighted by Crippen LogP contribution is -2.49. The van der Waals surface area contributed by atoms with Crippen molar-refractivity contribution in [2.24, 2.45) is 0 Å². The maximum Gasteiger partial charge on any atom is 0.259 e. The highest BCUT2D eigenvalue weighted by atomic mass is 16.2. The normalized spacial score (nSPS) is 12.3. The van der Waals surface area contributed by atoms with Crippen molar-refractivity contribution < 1.29 is 9.59 Å². The molecular weight excluding hydrogens is 592 g/mol. The van der Waals surface area contributed by atoms with Crippen LogP contribution in [-0.4, -0.2) is 27.3 Å². The lowest BCUT2D eigenvalue weighted by molar-refractivity contribution is -0.123. The van der Waals surface area contributed by atoms with Gasteiger partial charge < -0.3 is 15.3 Å². The number of carbonyl (C=O) groups is 2.